The lowest BCUT2D eigenvalue weighted by Gasteiger charge is -2.25. The quantitative estimate of drug-likeness (QED) is 0.204. The number of carbonyl (C=O) groups is 3. The molecule has 1 aliphatic rings. The SMILES string of the molecule is COC(=O)[C@@H](N=[N+]=[N-])[C@H]1O[C@@H](n2ccc(=O)[nH]c2=O)[C@H](OC(C)=O)[C@@H]1OC(C)=O. The second-order valence-electron chi connectivity index (χ2n) is 5.83. The minimum absolute atomic E-state index is 0.692. The zero-order valence-corrected chi connectivity index (χ0v) is 15.5. The van der Waals surface area contributed by atoms with Crippen LogP contribution >= 0.6 is 0 Å². The van der Waals surface area contributed by atoms with Crippen molar-refractivity contribution in [1.29, 1.82) is 0 Å². The molecule has 0 saturated carbocycles. The largest absolute Gasteiger partial charge is 0.469 e. The van der Waals surface area contributed by atoms with Crippen LogP contribution < -0.4 is 11.2 Å². The number of H-pyrrole nitrogens is 1. The Bertz CT molecular complexity index is 963. The summed E-state index contributed by atoms with van der Waals surface area (Å²) in [5.74, 6) is -2.64. The first kappa shape index (κ1) is 21.7. The number of aromatic amines is 1. The van der Waals surface area contributed by atoms with Gasteiger partial charge >= 0.3 is 23.6 Å². The van der Waals surface area contributed by atoms with Gasteiger partial charge in [0.05, 0.1) is 7.11 Å². The first-order valence-electron chi connectivity index (χ1n) is 8.13. The van der Waals surface area contributed by atoms with Crippen molar-refractivity contribution in [2.24, 2.45) is 5.11 Å². The molecule has 1 aliphatic heterocycles. The third-order valence-electron chi connectivity index (χ3n) is 3.88. The second kappa shape index (κ2) is 9.03. The molecule has 0 bridgehead atoms. The molecular weight excluding hydrogens is 394 g/mol. The van der Waals surface area contributed by atoms with Crippen molar-refractivity contribution in [3.05, 3.63) is 43.5 Å². The van der Waals surface area contributed by atoms with Crippen molar-refractivity contribution in [2.75, 3.05) is 7.11 Å². The summed E-state index contributed by atoms with van der Waals surface area (Å²) in [6.45, 7) is 2.12. The van der Waals surface area contributed by atoms with Gasteiger partial charge in [-0.05, 0) is 5.53 Å². The van der Waals surface area contributed by atoms with E-state index >= 15 is 0 Å². The van der Waals surface area contributed by atoms with Crippen molar-refractivity contribution in [1.82, 2.24) is 9.55 Å². The molecule has 0 aromatic carbocycles. The van der Waals surface area contributed by atoms with E-state index < -0.39 is 59.7 Å². The molecule has 0 aliphatic carbocycles. The number of hydrogen-bond acceptors (Lipinski definition) is 10. The van der Waals surface area contributed by atoms with Gasteiger partial charge in [0.25, 0.3) is 5.56 Å². The van der Waals surface area contributed by atoms with Gasteiger partial charge in [-0.25, -0.2) is 4.79 Å². The van der Waals surface area contributed by atoms with Crippen LogP contribution in [0, 0.1) is 0 Å². The summed E-state index contributed by atoms with van der Waals surface area (Å²) in [6, 6.07) is -0.620. The molecule has 2 rings (SSSR count). The molecular formula is C15H17N5O9. The zero-order valence-electron chi connectivity index (χ0n) is 15.5. The molecule has 1 saturated heterocycles. The van der Waals surface area contributed by atoms with Crippen LogP contribution in [0.25, 0.3) is 10.4 Å². The van der Waals surface area contributed by atoms with E-state index in [0.717, 1.165) is 37.8 Å². The Morgan fingerprint density at radius 2 is 1.86 bits per heavy atom. The topological polar surface area (TPSA) is 192 Å². The Morgan fingerprint density at radius 3 is 2.38 bits per heavy atom. The van der Waals surface area contributed by atoms with Crippen molar-refractivity contribution in [3.63, 3.8) is 0 Å². The van der Waals surface area contributed by atoms with E-state index in [4.69, 9.17) is 19.7 Å². The Balaban J connectivity index is 2.60. The lowest BCUT2D eigenvalue weighted by atomic mass is 10.0. The average molecular weight is 411 g/mol. The van der Waals surface area contributed by atoms with Crippen LogP contribution in [0.1, 0.15) is 20.1 Å². The number of hydrogen-bond donors (Lipinski definition) is 1. The monoisotopic (exact) mass is 411 g/mol. The van der Waals surface area contributed by atoms with Crippen LogP contribution in [-0.4, -0.2) is 58.9 Å². The Labute approximate surface area is 161 Å². The third kappa shape index (κ3) is 4.80. The van der Waals surface area contributed by atoms with Crippen LogP contribution in [0.4, 0.5) is 0 Å². The van der Waals surface area contributed by atoms with Gasteiger partial charge in [0, 0.05) is 31.0 Å². The van der Waals surface area contributed by atoms with Gasteiger partial charge in [-0.2, -0.15) is 0 Å². The number of rotatable bonds is 6. The van der Waals surface area contributed by atoms with E-state index in [2.05, 4.69) is 14.8 Å². The highest BCUT2D eigenvalue weighted by molar-refractivity contribution is 5.77. The first-order chi connectivity index (χ1) is 13.7. The van der Waals surface area contributed by atoms with Crippen LogP contribution in [0.3, 0.4) is 0 Å². The fraction of sp³-hybridized carbons (Fsp3) is 0.533. The molecule has 156 valence electrons. The van der Waals surface area contributed by atoms with Crippen LogP contribution in [0.5, 0.6) is 0 Å². The maximum absolute atomic E-state index is 12.2. The summed E-state index contributed by atoms with van der Waals surface area (Å²) in [7, 11) is 1.03. The summed E-state index contributed by atoms with van der Waals surface area (Å²) in [5, 5.41) is 3.32. The number of aromatic nitrogens is 2. The van der Waals surface area contributed by atoms with E-state index in [1.807, 2.05) is 4.98 Å². The molecule has 2 heterocycles. The first-order valence-corrected chi connectivity index (χ1v) is 8.13. The van der Waals surface area contributed by atoms with E-state index in [0.29, 0.717) is 0 Å². The maximum atomic E-state index is 12.2. The molecule has 1 fully saturated rings. The number of carbonyl (C=O) groups excluding carboxylic acids is 3. The summed E-state index contributed by atoms with van der Waals surface area (Å²) in [6.07, 6.45) is -4.66. The van der Waals surface area contributed by atoms with Crippen molar-refractivity contribution in [3.8, 4) is 0 Å². The second-order valence-corrected chi connectivity index (χ2v) is 5.83. The summed E-state index contributed by atoms with van der Waals surface area (Å²) in [4.78, 5) is 63.3. The van der Waals surface area contributed by atoms with Crippen LogP contribution in [0.2, 0.25) is 0 Å². The molecule has 29 heavy (non-hydrogen) atoms. The lowest BCUT2D eigenvalue weighted by molar-refractivity contribution is -0.166. The highest BCUT2D eigenvalue weighted by atomic mass is 16.6. The summed E-state index contributed by atoms with van der Waals surface area (Å²) in [5.41, 5.74) is 7.18. The van der Waals surface area contributed by atoms with Gasteiger partial charge in [-0.15, -0.1) is 0 Å². The number of esters is 3. The number of nitrogens with one attached hydrogen (secondary N) is 1. The van der Waals surface area contributed by atoms with Crippen LogP contribution in [0.15, 0.2) is 27.0 Å². The predicted octanol–water partition coefficient (Wildman–Crippen LogP) is -0.851. The number of ether oxygens (including phenoxy) is 4. The van der Waals surface area contributed by atoms with Gasteiger partial charge in [0.2, 0.25) is 0 Å². The zero-order chi connectivity index (χ0) is 21.7. The van der Waals surface area contributed by atoms with Gasteiger partial charge in [0.15, 0.2) is 24.5 Å². The molecule has 0 unspecified atom stereocenters. The minimum Gasteiger partial charge on any atom is -0.469 e. The van der Waals surface area contributed by atoms with Crippen molar-refractivity contribution in [2.45, 2.75) is 44.4 Å². The number of azide groups is 1. The molecule has 1 N–H and O–H groups in total. The summed E-state index contributed by atoms with van der Waals surface area (Å²) >= 11 is 0. The van der Waals surface area contributed by atoms with E-state index in [9.17, 15) is 24.0 Å². The molecule has 5 atom stereocenters. The molecule has 14 nitrogen and oxygen atoms in total. The van der Waals surface area contributed by atoms with Crippen molar-refractivity contribution >= 4 is 17.9 Å². The molecule has 1 aromatic heterocycles. The maximum Gasteiger partial charge on any atom is 0.330 e. The fourth-order valence-electron chi connectivity index (χ4n) is 2.84. The number of nitrogens with zero attached hydrogens (tertiary/aromatic N) is 4. The molecule has 14 heteroatoms. The van der Waals surface area contributed by atoms with E-state index in [-0.39, 0.29) is 0 Å². The van der Waals surface area contributed by atoms with Gasteiger partial charge in [-0.1, -0.05) is 5.11 Å². The average Bonchev–Trinajstić information content (AvgIpc) is 2.95. The normalized spacial score (nSPS) is 24.1. The highest BCUT2D eigenvalue weighted by Gasteiger charge is 2.54. The minimum atomic E-state index is -1.63. The number of methoxy groups -OCH3 is 1. The fourth-order valence-corrected chi connectivity index (χ4v) is 2.84. The van der Waals surface area contributed by atoms with Crippen LogP contribution in [-0.2, 0) is 33.3 Å². The smallest absolute Gasteiger partial charge is 0.330 e. The third-order valence-corrected chi connectivity index (χ3v) is 3.88. The van der Waals surface area contributed by atoms with E-state index in [1.165, 1.54) is 0 Å². The van der Waals surface area contributed by atoms with Crippen molar-refractivity contribution < 1.29 is 33.3 Å². The standard InChI is InChI=1S/C15H17N5O9/c1-6(21)27-11-10(9(18-19-16)14(24)26-3)29-13(12(11)28-7(2)22)20-5-4-8(23)17-15(20)25/h4-5,9-13H,1-3H3,(H,17,23,25)/t9-,10+,11+,12+,13+/m0/s1. The van der Waals surface area contributed by atoms with Gasteiger partial charge in [-0.3, -0.25) is 28.7 Å². The lowest BCUT2D eigenvalue weighted by Crippen LogP contribution is -2.46. The molecule has 0 spiro atoms. The highest BCUT2D eigenvalue weighted by Crippen LogP contribution is 2.36. The molecule has 0 radical (unpaired) electrons. The van der Waals surface area contributed by atoms with E-state index in [1.54, 1.807) is 0 Å². The van der Waals surface area contributed by atoms with Gasteiger partial charge < -0.3 is 18.9 Å². The Morgan fingerprint density at radius 1 is 1.24 bits per heavy atom. The Kier molecular flexibility index (Phi) is 6.75. The predicted molar refractivity (Wildman–Crippen MR) is 91.3 cm³/mol. The van der Waals surface area contributed by atoms with Gasteiger partial charge in [0.1, 0.15) is 6.10 Å². The molecule has 1 aromatic rings. The summed E-state index contributed by atoms with van der Waals surface area (Å²) < 4.78 is 21.4. The Hall–Kier alpha value is -3.64. The molecule has 0 amide bonds.